The molecular formula is C12H24ClN. The molecule has 2 aliphatic rings. The molecule has 0 spiro atoms. The quantitative estimate of drug-likeness (QED) is 0.650. The van der Waals surface area contributed by atoms with Crippen LogP contribution in [0.5, 0.6) is 0 Å². The predicted molar refractivity (Wildman–Crippen MR) is 64.1 cm³/mol. The van der Waals surface area contributed by atoms with Crippen molar-refractivity contribution in [1.82, 2.24) is 4.90 Å². The van der Waals surface area contributed by atoms with Crippen molar-refractivity contribution in [3.05, 3.63) is 0 Å². The van der Waals surface area contributed by atoms with Gasteiger partial charge in [-0.3, -0.25) is 0 Å². The van der Waals surface area contributed by atoms with E-state index in [1.54, 1.807) is 0 Å². The van der Waals surface area contributed by atoms with Crippen molar-refractivity contribution in [2.24, 2.45) is 5.92 Å². The molecule has 84 valence electrons. The van der Waals surface area contributed by atoms with Gasteiger partial charge in [0.15, 0.2) is 0 Å². The molecule has 2 fully saturated rings. The molecule has 1 saturated heterocycles. The van der Waals surface area contributed by atoms with E-state index in [0.717, 1.165) is 12.0 Å². The van der Waals surface area contributed by atoms with Gasteiger partial charge in [-0.25, -0.2) is 0 Å². The Morgan fingerprint density at radius 3 is 2.14 bits per heavy atom. The maximum absolute atomic E-state index is 2.62. The van der Waals surface area contributed by atoms with Crippen LogP contribution in [-0.4, -0.2) is 24.5 Å². The van der Waals surface area contributed by atoms with Gasteiger partial charge in [-0.15, -0.1) is 12.4 Å². The lowest BCUT2D eigenvalue weighted by Gasteiger charge is -2.39. The maximum atomic E-state index is 2.62. The first kappa shape index (κ1) is 12.3. The molecule has 2 heteroatoms. The average Bonchev–Trinajstić information content (AvgIpc) is 2.20. The van der Waals surface area contributed by atoms with Gasteiger partial charge >= 0.3 is 0 Å². The lowest BCUT2D eigenvalue weighted by Crippen LogP contribution is -2.42. The van der Waals surface area contributed by atoms with Crippen molar-refractivity contribution in [3.63, 3.8) is 0 Å². The maximum Gasteiger partial charge on any atom is 0.0120 e. The van der Waals surface area contributed by atoms with Crippen LogP contribution in [0.25, 0.3) is 0 Å². The standard InChI is InChI=1S/C12H23N.ClH/c1-13-10-6-5-9-12(13)11-7-3-2-4-8-11;/h11-12H,2-10H2,1H3;1H. The zero-order valence-electron chi connectivity index (χ0n) is 9.37. The fourth-order valence-electron chi connectivity index (χ4n) is 3.22. The first-order valence-electron chi connectivity index (χ1n) is 6.08. The molecule has 0 aromatic carbocycles. The van der Waals surface area contributed by atoms with Gasteiger partial charge < -0.3 is 4.90 Å². The number of hydrogen-bond donors (Lipinski definition) is 0. The smallest absolute Gasteiger partial charge is 0.0120 e. The number of nitrogens with zero attached hydrogens (tertiary/aromatic N) is 1. The van der Waals surface area contributed by atoms with Gasteiger partial charge in [-0.05, 0) is 45.2 Å². The lowest BCUT2D eigenvalue weighted by molar-refractivity contribution is 0.106. The van der Waals surface area contributed by atoms with Crippen molar-refractivity contribution < 1.29 is 0 Å². The molecule has 1 unspecified atom stereocenters. The Hall–Kier alpha value is 0.250. The highest BCUT2D eigenvalue weighted by atomic mass is 35.5. The third kappa shape index (κ3) is 2.87. The summed E-state index contributed by atoms with van der Waals surface area (Å²) in [5.41, 5.74) is 0. The highest BCUT2D eigenvalue weighted by molar-refractivity contribution is 5.85. The third-order valence-corrected chi connectivity index (χ3v) is 4.02. The minimum atomic E-state index is 0. The average molecular weight is 218 g/mol. The van der Waals surface area contributed by atoms with Crippen LogP contribution in [0.15, 0.2) is 0 Å². The Kier molecular flexibility index (Phi) is 5.25. The molecule has 2 rings (SSSR count). The summed E-state index contributed by atoms with van der Waals surface area (Å²) in [7, 11) is 2.33. The van der Waals surface area contributed by atoms with Gasteiger partial charge in [0, 0.05) is 6.04 Å². The van der Waals surface area contributed by atoms with Crippen molar-refractivity contribution in [1.29, 1.82) is 0 Å². The van der Waals surface area contributed by atoms with E-state index in [1.165, 1.54) is 57.9 Å². The van der Waals surface area contributed by atoms with E-state index >= 15 is 0 Å². The minimum Gasteiger partial charge on any atom is -0.303 e. The van der Waals surface area contributed by atoms with Crippen LogP contribution in [-0.2, 0) is 0 Å². The normalized spacial score (nSPS) is 31.1. The molecule has 1 nitrogen and oxygen atoms in total. The van der Waals surface area contributed by atoms with Crippen LogP contribution in [0.2, 0.25) is 0 Å². The van der Waals surface area contributed by atoms with Crippen LogP contribution < -0.4 is 0 Å². The predicted octanol–water partition coefficient (Wildman–Crippen LogP) is 3.47. The van der Waals surface area contributed by atoms with E-state index in [2.05, 4.69) is 11.9 Å². The van der Waals surface area contributed by atoms with Crippen molar-refractivity contribution >= 4 is 12.4 Å². The van der Waals surface area contributed by atoms with Crippen LogP contribution in [0, 0.1) is 5.92 Å². The fraction of sp³-hybridized carbons (Fsp3) is 1.00. The lowest BCUT2D eigenvalue weighted by atomic mass is 9.80. The molecule has 14 heavy (non-hydrogen) atoms. The molecular weight excluding hydrogens is 194 g/mol. The summed E-state index contributed by atoms with van der Waals surface area (Å²) in [6.07, 6.45) is 11.9. The van der Waals surface area contributed by atoms with Gasteiger partial charge in [0.05, 0.1) is 0 Å². The second kappa shape index (κ2) is 5.97. The fourth-order valence-corrected chi connectivity index (χ4v) is 3.22. The Bertz CT molecular complexity index is 154. The molecule has 1 saturated carbocycles. The topological polar surface area (TPSA) is 3.24 Å². The first-order chi connectivity index (χ1) is 6.38. The van der Waals surface area contributed by atoms with Gasteiger partial charge in [0.25, 0.3) is 0 Å². The Balaban J connectivity index is 0.000000980. The van der Waals surface area contributed by atoms with Gasteiger partial charge in [0.1, 0.15) is 0 Å². The zero-order chi connectivity index (χ0) is 9.10. The summed E-state index contributed by atoms with van der Waals surface area (Å²) in [4.78, 5) is 2.62. The van der Waals surface area contributed by atoms with E-state index in [1.807, 2.05) is 0 Å². The summed E-state index contributed by atoms with van der Waals surface area (Å²) in [6, 6.07) is 0.939. The van der Waals surface area contributed by atoms with Crippen LogP contribution in [0.4, 0.5) is 0 Å². The zero-order valence-corrected chi connectivity index (χ0v) is 10.2. The minimum absolute atomic E-state index is 0. The second-order valence-corrected chi connectivity index (χ2v) is 4.94. The monoisotopic (exact) mass is 217 g/mol. The van der Waals surface area contributed by atoms with Gasteiger partial charge in [-0.2, -0.15) is 0 Å². The van der Waals surface area contributed by atoms with Crippen molar-refractivity contribution in [3.8, 4) is 0 Å². The first-order valence-corrected chi connectivity index (χ1v) is 6.08. The molecule has 1 atom stereocenters. The second-order valence-electron chi connectivity index (χ2n) is 4.94. The number of piperidine rings is 1. The summed E-state index contributed by atoms with van der Waals surface area (Å²) >= 11 is 0. The van der Waals surface area contributed by atoms with E-state index in [0.29, 0.717) is 0 Å². The molecule has 1 heterocycles. The Labute approximate surface area is 94.7 Å². The molecule has 1 aliphatic carbocycles. The largest absolute Gasteiger partial charge is 0.303 e. The molecule has 0 amide bonds. The molecule has 0 bridgehead atoms. The van der Waals surface area contributed by atoms with E-state index in [-0.39, 0.29) is 12.4 Å². The van der Waals surface area contributed by atoms with Crippen LogP contribution in [0.3, 0.4) is 0 Å². The van der Waals surface area contributed by atoms with E-state index < -0.39 is 0 Å². The number of likely N-dealkylation sites (tertiary alicyclic amines) is 1. The highest BCUT2D eigenvalue weighted by Gasteiger charge is 2.28. The molecule has 0 radical (unpaired) electrons. The van der Waals surface area contributed by atoms with Gasteiger partial charge in [0.2, 0.25) is 0 Å². The Morgan fingerprint density at radius 1 is 0.857 bits per heavy atom. The molecule has 0 aromatic heterocycles. The number of hydrogen-bond acceptors (Lipinski definition) is 1. The highest BCUT2D eigenvalue weighted by Crippen LogP contribution is 2.32. The summed E-state index contributed by atoms with van der Waals surface area (Å²) in [5, 5.41) is 0. The van der Waals surface area contributed by atoms with E-state index in [9.17, 15) is 0 Å². The van der Waals surface area contributed by atoms with E-state index in [4.69, 9.17) is 0 Å². The third-order valence-electron chi connectivity index (χ3n) is 4.02. The van der Waals surface area contributed by atoms with Crippen molar-refractivity contribution in [2.75, 3.05) is 13.6 Å². The molecule has 1 aliphatic heterocycles. The molecule has 0 aromatic rings. The van der Waals surface area contributed by atoms with Crippen LogP contribution >= 0.6 is 12.4 Å². The molecule has 0 N–H and O–H groups in total. The summed E-state index contributed by atoms with van der Waals surface area (Å²) in [6.45, 7) is 1.35. The van der Waals surface area contributed by atoms with Crippen molar-refractivity contribution in [2.45, 2.75) is 57.4 Å². The summed E-state index contributed by atoms with van der Waals surface area (Å²) < 4.78 is 0. The van der Waals surface area contributed by atoms with Gasteiger partial charge in [-0.1, -0.05) is 25.7 Å². The SMILES string of the molecule is CN1CCCCC1C1CCCCC1.Cl. The number of rotatable bonds is 1. The number of halogens is 1. The Morgan fingerprint density at radius 2 is 1.50 bits per heavy atom. The van der Waals surface area contributed by atoms with Crippen LogP contribution in [0.1, 0.15) is 51.4 Å². The summed E-state index contributed by atoms with van der Waals surface area (Å²) in [5.74, 6) is 1.04.